The van der Waals surface area contributed by atoms with Gasteiger partial charge in [0.15, 0.2) is 5.13 Å². The zero-order valence-corrected chi connectivity index (χ0v) is 15.1. The van der Waals surface area contributed by atoms with E-state index in [1.165, 1.54) is 11.3 Å². The van der Waals surface area contributed by atoms with Crippen LogP contribution in [0.5, 0.6) is 0 Å². The smallest absolute Gasteiger partial charge is 0.255 e. The number of aromatic nitrogens is 1. The maximum absolute atomic E-state index is 12.7. The quantitative estimate of drug-likeness (QED) is 0.717. The number of anilines is 1. The number of amides is 2. The number of carbonyl (C=O) groups is 2. The van der Waals surface area contributed by atoms with Crippen molar-refractivity contribution in [3.63, 3.8) is 0 Å². The lowest BCUT2D eigenvalue weighted by Crippen LogP contribution is -2.38. The molecule has 1 heterocycles. The van der Waals surface area contributed by atoms with E-state index in [-0.39, 0.29) is 18.4 Å². The van der Waals surface area contributed by atoms with Crippen LogP contribution < -0.4 is 5.32 Å². The fraction of sp³-hybridized carbons (Fsp3) is 0.353. The topological polar surface area (TPSA) is 62.3 Å². The number of halogens is 1. The number of unbranched alkanes of at least 4 members (excludes halogenated alkanes) is 2. The van der Waals surface area contributed by atoms with Crippen molar-refractivity contribution in [2.24, 2.45) is 0 Å². The second kappa shape index (κ2) is 9.39. The molecule has 0 unspecified atom stereocenters. The Bertz CT molecular complexity index is 676. The summed E-state index contributed by atoms with van der Waals surface area (Å²) >= 11 is 7.46. The summed E-state index contributed by atoms with van der Waals surface area (Å²) in [5.74, 6) is -0.493. The molecular formula is C17H20ClN3O2S. The molecule has 0 bridgehead atoms. The Morgan fingerprint density at radius 1 is 1.29 bits per heavy atom. The predicted octanol–water partition coefficient (Wildman–Crippen LogP) is 4.07. The minimum Gasteiger partial charge on any atom is -0.329 e. The Kier molecular flexibility index (Phi) is 7.21. The van der Waals surface area contributed by atoms with E-state index in [0.29, 0.717) is 22.3 Å². The van der Waals surface area contributed by atoms with Gasteiger partial charge in [-0.2, -0.15) is 0 Å². The van der Waals surface area contributed by atoms with Crippen LogP contribution in [0.15, 0.2) is 35.8 Å². The van der Waals surface area contributed by atoms with Crippen LogP contribution in [0.25, 0.3) is 0 Å². The summed E-state index contributed by atoms with van der Waals surface area (Å²) in [5, 5.41) is 5.41. The van der Waals surface area contributed by atoms with Gasteiger partial charge in [-0.1, -0.05) is 43.5 Å². The number of hydrogen-bond acceptors (Lipinski definition) is 4. The van der Waals surface area contributed by atoms with Gasteiger partial charge in [-0.15, -0.1) is 11.3 Å². The van der Waals surface area contributed by atoms with Crippen LogP contribution in [-0.2, 0) is 4.79 Å². The largest absolute Gasteiger partial charge is 0.329 e. The van der Waals surface area contributed by atoms with Crippen molar-refractivity contribution < 1.29 is 9.59 Å². The summed E-state index contributed by atoms with van der Waals surface area (Å²) in [6, 6.07) is 6.89. The van der Waals surface area contributed by atoms with Crippen molar-refractivity contribution in [2.45, 2.75) is 26.2 Å². The summed E-state index contributed by atoms with van der Waals surface area (Å²) in [4.78, 5) is 30.5. The lowest BCUT2D eigenvalue weighted by atomic mass is 10.1. The number of rotatable bonds is 8. The number of hydrogen-bond donors (Lipinski definition) is 1. The van der Waals surface area contributed by atoms with Gasteiger partial charge in [0.2, 0.25) is 5.91 Å². The van der Waals surface area contributed by atoms with Gasteiger partial charge in [-0.3, -0.25) is 9.59 Å². The molecule has 0 radical (unpaired) electrons. The molecular weight excluding hydrogens is 346 g/mol. The molecule has 0 atom stereocenters. The summed E-state index contributed by atoms with van der Waals surface area (Å²) in [6.07, 6.45) is 4.51. The van der Waals surface area contributed by atoms with Crippen LogP contribution in [0.4, 0.5) is 5.13 Å². The molecule has 128 valence electrons. The van der Waals surface area contributed by atoms with Crippen LogP contribution in [-0.4, -0.2) is 34.8 Å². The first kappa shape index (κ1) is 18.4. The lowest BCUT2D eigenvalue weighted by Gasteiger charge is -2.22. The van der Waals surface area contributed by atoms with E-state index in [2.05, 4.69) is 17.2 Å². The lowest BCUT2D eigenvalue weighted by molar-refractivity contribution is -0.116. The minimum absolute atomic E-state index is 0.0205. The number of carbonyl (C=O) groups excluding carboxylic acids is 2. The summed E-state index contributed by atoms with van der Waals surface area (Å²) in [7, 11) is 0. The van der Waals surface area contributed by atoms with E-state index >= 15 is 0 Å². The average molecular weight is 366 g/mol. The normalized spacial score (nSPS) is 10.4. The third kappa shape index (κ3) is 5.32. The monoisotopic (exact) mass is 365 g/mol. The average Bonchev–Trinajstić information content (AvgIpc) is 3.07. The first-order valence-electron chi connectivity index (χ1n) is 7.85. The fourth-order valence-corrected chi connectivity index (χ4v) is 2.99. The third-order valence-electron chi connectivity index (χ3n) is 3.44. The number of benzene rings is 1. The molecule has 2 rings (SSSR count). The highest BCUT2D eigenvalue weighted by molar-refractivity contribution is 7.13. The molecule has 0 saturated carbocycles. The molecule has 0 fully saturated rings. The van der Waals surface area contributed by atoms with Gasteiger partial charge >= 0.3 is 0 Å². The molecule has 0 aliphatic heterocycles. The molecule has 1 aromatic carbocycles. The van der Waals surface area contributed by atoms with Crippen LogP contribution in [0.2, 0.25) is 5.02 Å². The molecule has 5 nitrogen and oxygen atoms in total. The van der Waals surface area contributed by atoms with Crippen molar-refractivity contribution >= 4 is 39.9 Å². The van der Waals surface area contributed by atoms with Gasteiger partial charge in [0.1, 0.15) is 6.54 Å². The molecule has 0 spiro atoms. The summed E-state index contributed by atoms with van der Waals surface area (Å²) in [5.41, 5.74) is 0.415. The molecule has 2 aromatic rings. The minimum atomic E-state index is -0.262. The Morgan fingerprint density at radius 2 is 2.08 bits per heavy atom. The zero-order valence-electron chi connectivity index (χ0n) is 13.5. The Labute approximate surface area is 150 Å². The second-order valence-electron chi connectivity index (χ2n) is 5.30. The fourth-order valence-electron chi connectivity index (χ4n) is 2.23. The van der Waals surface area contributed by atoms with Crippen LogP contribution in [0.3, 0.4) is 0 Å². The van der Waals surface area contributed by atoms with Crippen molar-refractivity contribution in [3.8, 4) is 0 Å². The van der Waals surface area contributed by atoms with Gasteiger partial charge in [0.25, 0.3) is 5.91 Å². The Morgan fingerprint density at radius 3 is 2.75 bits per heavy atom. The van der Waals surface area contributed by atoms with Gasteiger partial charge in [0.05, 0.1) is 10.6 Å². The van der Waals surface area contributed by atoms with Crippen molar-refractivity contribution in [1.82, 2.24) is 9.88 Å². The Balaban J connectivity index is 2.07. The molecule has 0 aliphatic rings. The number of nitrogens with zero attached hydrogens (tertiary/aromatic N) is 2. The van der Waals surface area contributed by atoms with E-state index in [1.54, 1.807) is 40.7 Å². The summed E-state index contributed by atoms with van der Waals surface area (Å²) in [6.45, 7) is 2.59. The highest BCUT2D eigenvalue weighted by atomic mass is 35.5. The van der Waals surface area contributed by atoms with Crippen molar-refractivity contribution in [1.29, 1.82) is 0 Å². The zero-order chi connectivity index (χ0) is 17.4. The van der Waals surface area contributed by atoms with Crippen LogP contribution in [0, 0.1) is 0 Å². The van der Waals surface area contributed by atoms with E-state index in [4.69, 9.17) is 11.6 Å². The van der Waals surface area contributed by atoms with Gasteiger partial charge < -0.3 is 10.2 Å². The number of thiazole rings is 1. The molecule has 1 N–H and O–H groups in total. The first-order valence-corrected chi connectivity index (χ1v) is 9.10. The highest BCUT2D eigenvalue weighted by Gasteiger charge is 2.20. The standard InChI is InChI=1S/C17H20ClN3O2S/c1-2-3-6-10-21(12-15(22)20-17-19-9-11-24-17)16(23)13-7-4-5-8-14(13)18/h4-5,7-9,11H,2-3,6,10,12H2,1H3,(H,19,20,22). The molecule has 0 aliphatic carbocycles. The maximum Gasteiger partial charge on any atom is 0.255 e. The predicted molar refractivity (Wildman–Crippen MR) is 97.6 cm³/mol. The van der Waals surface area contributed by atoms with E-state index in [1.807, 2.05) is 0 Å². The van der Waals surface area contributed by atoms with E-state index in [9.17, 15) is 9.59 Å². The molecule has 0 saturated heterocycles. The van der Waals surface area contributed by atoms with Gasteiger partial charge in [-0.05, 0) is 18.6 Å². The van der Waals surface area contributed by atoms with Crippen molar-refractivity contribution in [2.75, 3.05) is 18.4 Å². The van der Waals surface area contributed by atoms with Gasteiger partial charge in [-0.25, -0.2) is 4.98 Å². The van der Waals surface area contributed by atoms with E-state index < -0.39 is 0 Å². The molecule has 7 heteroatoms. The second-order valence-corrected chi connectivity index (χ2v) is 6.60. The van der Waals surface area contributed by atoms with Gasteiger partial charge in [0, 0.05) is 18.1 Å². The SMILES string of the molecule is CCCCCN(CC(=O)Nc1nccs1)C(=O)c1ccccc1Cl. The summed E-state index contributed by atoms with van der Waals surface area (Å²) < 4.78 is 0. The number of nitrogens with one attached hydrogen (secondary N) is 1. The van der Waals surface area contributed by atoms with Crippen LogP contribution in [0.1, 0.15) is 36.5 Å². The van der Waals surface area contributed by atoms with E-state index in [0.717, 1.165) is 19.3 Å². The Hall–Kier alpha value is -1.92. The molecule has 24 heavy (non-hydrogen) atoms. The first-order chi connectivity index (χ1) is 11.6. The van der Waals surface area contributed by atoms with Crippen molar-refractivity contribution in [3.05, 3.63) is 46.4 Å². The third-order valence-corrected chi connectivity index (χ3v) is 4.45. The maximum atomic E-state index is 12.7. The molecule has 1 aromatic heterocycles. The highest BCUT2D eigenvalue weighted by Crippen LogP contribution is 2.18. The van der Waals surface area contributed by atoms with Crippen LogP contribution >= 0.6 is 22.9 Å². The molecule has 2 amide bonds.